The molecule has 0 aromatic carbocycles. The van der Waals surface area contributed by atoms with Gasteiger partial charge in [-0.15, -0.1) is 0 Å². The first-order valence-electron chi connectivity index (χ1n) is 5.25. The third-order valence-electron chi connectivity index (χ3n) is 3.35. The molecule has 4 nitrogen and oxygen atoms in total. The minimum atomic E-state index is -0.227. The summed E-state index contributed by atoms with van der Waals surface area (Å²) in [5.74, 6) is 0.781. The number of nitrogens with two attached hydrogens (primary N) is 1. The van der Waals surface area contributed by atoms with Crippen LogP contribution in [-0.2, 0) is 0 Å². The summed E-state index contributed by atoms with van der Waals surface area (Å²) in [5.41, 5.74) is 6.89. The van der Waals surface area contributed by atoms with Gasteiger partial charge in [-0.2, -0.15) is 0 Å². The van der Waals surface area contributed by atoms with Crippen molar-refractivity contribution < 1.29 is 9.84 Å². The van der Waals surface area contributed by atoms with Crippen LogP contribution in [0.3, 0.4) is 0 Å². The van der Waals surface area contributed by atoms with Crippen molar-refractivity contribution in [3.05, 3.63) is 24.0 Å². The van der Waals surface area contributed by atoms with Gasteiger partial charge in [0.2, 0.25) is 0 Å². The van der Waals surface area contributed by atoms with Crippen molar-refractivity contribution in [2.45, 2.75) is 37.0 Å². The van der Waals surface area contributed by atoms with Crippen molar-refractivity contribution in [3.63, 3.8) is 0 Å². The third kappa shape index (κ3) is 1.33. The average Bonchev–Trinajstić information content (AvgIpc) is 2.16. The number of hydrogen-bond acceptors (Lipinski definition) is 4. The van der Waals surface area contributed by atoms with Crippen LogP contribution in [0.25, 0.3) is 0 Å². The molecule has 4 heteroatoms. The van der Waals surface area contributed by atoms with E-state index in [9.17, 15) is 5.11 Å². The van der Waals surface area contributed by atoms with E-state index in [1.807, 2.05) is 6.07 Å². The zero-order chi connectivity index (χ0) is 10.5. The summed E-state index contributed by atoms with van der Waals surface area (Å²) < 4.78 is 5.89. The second-order valence-electron chi connectivity index (χ2n) is 4.57. The molecule has 1 aromatic rings. The molecule has 2 aliphatic rings. The van der Waals surface area contributed by atoms with Gasteiger partial charge in [0.15, 0.2) is 0 Å². The van der Waals surface area contributed by atoms with Gasteiger partial charge in [-0.05, 0) is 6.07 Å². The summed E-state index contributed by atoms with van der Waals surface area (Å²) in [6.07, 6.45) is 5.39. The quantitative estimate of drug-likeness (QED) is 0.657. The Morgan fingerprint density at radius 2 is 2.27 bits per heavy atom. The maximum atomic E-state index is 9.36. The maximum Gasteiger partial charge on any atom is 0.143 e. The van der Waals surface area contributed by atoms with Crippen molar-refractivity contribution in [2.75, 3.05) is 0 Å². The Morgan fingerprint density at radius 3 is 3.00 bits per heavy atom. The highest BCUT2D eigenvalue weighted by atomic mass is 16.5. The van der Waals surface area contributed by atoms with Crippen LogP contribution in [0, 0.1) is 0 Å². The van der Waals surface area contributed by atoms with Crippen molar-refractivity contribution in [3.8, 4) is 5.75 Å². The molecule has 3 N–H and O–H groups in total. The maximum absolute atomic E-state index is 9.36. The van der Waals surface area contributed by atoms with Crippen LogP contribution in [0.2, 0.25) is 0 Å². The van der Waals surface area contributed by atoms with Crippen LogP contribution in [-0.4, -0.2) is 21.8 Å². The predicted molar refractivity (Wildman–Crippen MR) is 54.4 cm³/mol. The Bertz CT molecular complexity index is 388. The lowest BCUT2D eigenvalue weighted by atomic mass is 9.71. The van der Waals surface area contributed by atoms with E-state index in [1.165, 1.54) is 0 Å². The molecule has 1 aliphatic heterocycles. The van der Waals surface area contributed by atoms with Crippen molar-refractivity contribution in [2.24, 2.45) is 5.73 Å². The average molecular weight is 206 g/mol. The van der Waals surface area contributed by atoms with E-state index in [0.29, 0.717) is 12.8 Å². The largest absolute Gasteiger partial charge is 0.485 e. The topological polar surface area (TPSA) is 68.4 Å². The van der Waals surface area contributed by atoms with Crippen LogP contribution < -0.4 is 10.5 Å². The zero-order valence-electron chi connectivity index (χ0n) is 8.39. The molecule has 0 unspecified atom stereocenters. The Kier molecular flexibility index (Phi) is 1.78. The molecule has 0 saturated heterocycles. The van der Waals surface area contributed by atoms with Crippen LogP contribution in [0.4, 0.5) is 0 Å². The first kappa shape index (κ1) is 9.12. The van der Waals surface area contributed by atoms with E-state index < -0.39 is 0 Å². The zero-order valence-corrected chi connectivity index (χ0v) is 8.39. The predicted octanol–water partition coefficient (Wildman–Crippen LogP) is 0.757. The molecule has 1 spiro atoms. The molecule has 0 radical (unpaired) electrons. The van der Waals surface area contributed by atoms with Gasteiger partial charge in [0, 0.05) is 37.1 Å². The first-order chi connectivity index (χ1) is 7.19. The number of rotatable bonds is 0. The standard InChI is InChI=1S/C11H14N2O2/c12-9-5-11(3-7(14)4-11)15-10-6-13-2-1-8(9)10/h1-2,6-7,9,14H,3-5,12H2/t7?,9-,11?/m0/s1. The number of fused-ring (bicyclic) bond motifs is 1. The summed E-state index contributed by atoms with van der Waals surface area (Å²) >= 11 is 0. The molecule has 1 atom stereocenters. The molecule has 0 bridgehead atoms. The lowest BCUT2D eigenvalue weighted by molar-refractivity contribution is -0.110. The molecule has 0 amide bonds. The second kappa shape index (κ2) is 2.93. The molecule has 15 heavy (non-hydrogen) atoms. The van der Waals surface area contributed by atoms with Gasteiger partial charge in [-0.1, -0.05) is 0 Å². The van der Waals surface area contributed by atoms with E-state index in [4.69, 9.17) is 10.5 Å². The summed E-state index contributed by atoms with van der Waals surface area (Å²) in [6.45, 7) is 0. The highest BCUT2D eigenvalue weighted by molar-refractivity contribution is 5.36. The van der Waals surface area contributed by atoms with Gasteiger partial charge in [0.25, 0.3) is 0 Å². The normalized spacial score (nSPS) is 38.0. The summed E-state index contributed by atoms with van der Waals surface area (Å²) in [7, 11) is 0. The molecule has 1 fully saturated rings. The van der Waals surface area contributed by atoms with E-state index in [-0.39, 0.29) is 17.7 Å². The van der Waals surface area contributed by atoms with Crippen molar-refractivity contribution in [1.29, 1.82) is 0 Å². The number of aliphatic hydroxyl groups is 1. The number of aromatic nitrogens is 1. The molecule has 1 aliphatic carbocycles. The Morgan fingerprint density at radius 1 is 1.47 bits per heavy atom. The molecular formula is C11H14N2O2. The number of ether oxygens (including phenoxy) is 1. The SMILES string of the molecule is N[C@H]1CC2(CC(O)C2)Oc2cnccc21. The molecule has 1 saturated carbocycles. The van der Waals surface area contributed by atoms with Gasteiger partial charge in [-0.3, -0.25) is 4.98 Å². The van der Waals surface area contributed by atoms with Gasteiger partial charge in [0.1, 0.15) is 11.4 Å². The summed E-state index contributed by atoms with van der Waals surface area (Å²) in [4.78, 5) is 4.03. The lowest BCUT2D eigenvalue weighted by Gasteiger charge is -2.49. The van der Waals surface area contributed by atoms with E-state index in [0.717, 1.165) is 17.7 Å². The molecule has 1 aromatic heterocycles. The molecule has 2 heterocycles. The fourth-order valence-electron chi connectivity index (χ4n) is 2.62. The third-order valence-corrected chi connectivity index (χ3v) is 3.35. The van der Waals surface area contributed by atoms with E-state index in [1.54, 1.807) is 12.4 Å². The van der Waals surface area contributed by atoms with Crippen molar-refractivity contribution in [1.82, 2.24) is 4.98 Å². The lowest BCUT2D eigenvalue weighted by Crippen LogP contribution is -2.55. The summed E-state index contributed by atoms with van der Waals surface area (Å²) in [5, 5.41) is 9.36. The van der Waals surface area contributed by atoms with Crippen molar-refractivity contribution >= 4 is 0 Å². The first-order valence-corrected chi connectivity index (χ1v) is 5.25. The highest BCUT2D eigenvalue weighted by Crippen LogP contribution is 2.47. The number of nitrogens with zero attached hydrogens (tertiary/aromatic N) is 1. The van der Waals surface area contributed by atoms with Gasteiger partial charge >= 0.3 is 0 Å². The smallest absolute Gasteiger partial charge is 0.143 e. The van der Waals surface area contributed by atoms with Gasteiger partial charge in [0.05, 0.1) is 12.3 Å². The van der Waals surface area contributed by atoms with Crippen LogP contribution >= 0.6 is 0 Å². The molecule has 3 rings (SSSR count). The van der Waals surface area contributed by atoms with E-state index >= 15 is 0 Å². The number of aliphatic hydroxyl groups excluding tert-OH is 1. The monoisotopic (exact) mass is 206 g/mol. The Hall–Kier alpha value is -1.13. The fourth-order valence-corrected chi connectivity index (χ4v) is 2.62. The van der Waals surface area contributed by atoms with E-state index in [2.05, 4.69) is 4.98 Å². The van der Waals surface area contributed by atoms with Gasteiger partial charge < -0.3 is 15.6 Å². The van der Waals surface area contributed by atoms with Crippen LogP contribution in [0.5, 0.6) is 5.75 Å². The number of hydrogen-bond donors (Lipinski definition) is 2. The van der Waals surface area contributed by atoms with Crippen LogP contribution in [0.15, 0.2) is 18.5 Å². The molecule has 80 valence electrons. The second-order valence-corrected chi connectivity index (χ2v) is 4.57. The minimum Gasteiger partial charge on any atom is -0.485 e. The summed E-state index contributed by atoms with van der Waals surface area (Å²) in [6, 6.07) is 1.91. The fraction of sp³-hybridized carbons (Fsp3) is 0.545. The van der Waals surface area contributed by atoms with Gasteiger partial charge in [-0.25, -0.2) is 0 Å². The Balaban J connectivity index is 1.93. The highest BCUT2D eigenvalue weighted by Gasteiger charge is 2.49. The Labute approximate surface area is 88.1 Å². The number of pyridine rings is 1. The molecular weight excluding hydrogens is 192 g/mol. The minimum absolute atomic E-state index is 0.00394. The van der Waals surface area contributed by atoms with Crippen LogP contribution in [0.1, 0.15) is 30.9 Å².